The van der Waals surface area contributed by atoms with E-state index < -0.39 is 6.26 Å². The zero-order chi connectivity index (χ0) is 10.0. The summed E-state index contributed by atoms with van der Waals surface area (Å²) in [4.78, 5) is 19.7. The Hall–Kier alpha value is 0.700. The van der Waals surface area contributed by atoms with E-state index in [0.717, 1.165) is 0 Å². The second-order valence-electron chi connectivity index (χ2n) is 4.49. The summed E-state index contributed by atoms with van der Waals surface area (Å²) in [6, 6.07) is 0. The van der Waals surface area contributed by atoms with Gasteiger partial charge >= 0.3 is 80.1 Å². The van der Waals surface area contributed by atoms with E-state index in [4.69, 9.17) is 0 Å². The van der Waals surface area contributed by atoms with Crippen LogP contribution in [0.5, 0.6) is 0 Å². The Kier molecular flexibility index (Phi) is 4.05. The van der Waals surface area contributed by atoms with Crippen molar-refractivity contribution < 1.29 is 9.79 Å². The van der Waals surface area contributed by atoms with E-state index in [-0.39, 0.29) is 11.8 Å². The van der Waals surface area contributed by atoms with Gasteiger partial charge in [0.15, 0.2) is 0 Å². The molecule has 0 spiro atoms. The summed E-state index contributed by atoms with van der Waals surface area (Å²) in [7, 11) is 0. The predicted octanol–water partition coefficient (Wildman–Crippen LogP) is 2.51. The Morgan fingerprint density at radius 1 is 1.00 bits per heavy atom. The first-order valence-corrected chi connectivity index (χ1v) is 8.02. The quantitative estimate of drug-likeness (QED) is 0.495. The summed E-state index contributed by atoms with van der Waals surface area (Å²) < 4.78 is 0. The van der Waals surface area contributed by atoms with Crippen LogP contribution in [-0.4, -0.2) is 22.1 Å². The van der Waals surface area contributed by atoms with Crippen molar-refractivity contribution in [1.82, 2.24) is 0 Å². The third kappa shape index (κ3) is 6.24. The van der Waals surface area contributed by atoms with Gasteiger partial charge in [0, 0.05) is 0 Å². The van der Waals surface area contributed by atoms with Crippen molar-refractivity contribution in [3.05, 3.63) is 0 Å². The summed E-state index contributed by atoms with van der Waals surface area (Å²) in [6.07, 6.45) is -2.75. The van der Waals surface area contributed by atoms with Crippen LogP contribution >= 0.6 is 18.5 Å². The van der Waals surface area contributed by atoms with E-state index >= 15 is 0 Å². The van der Waals surface area contributed by atoms with Gasteiger partial charge in [-0.1, -0.05) is 0 Å². The average Bonchev–Trinajstić information content (AvgIpc) is 1.49. The van der Waals surface area contributed by atoms with Gasteiger partial charge in [0.1, 0.15) is 0 Å². The Morgan fingerprint density at radius 2 is 1.25 bits per heavy atom. The molecule has 0 aromatic rings. The second kappa shape index (κ2) is 3.83. The van der Waals surface area contributed by atoms with E-state index in [0.29, 0.717) is 12.3 Å². The molecule has 0 atom stereocenters. The van der Waals surface area contributed by atoms with Crippen molar-refractivity contribution in [1.29, 1.82) is 0 Å². The summed E-state index contributed by atoms with van der Waals surface area (Å²) in [5.74, 6) is 0.572. The molecule has 0 heterocycles. The monoisotopic (exact) mass is 212 g/mol. The van der Waals surface area contributed by atoms with E-state index in [1.807, 2.05) is 27.7 Å². The fourth-order valence-corrected chi connectivity index (χ4v) is 6.67. The van der Waals surface area contributed by atoms with Crippen molar-refractivity contribution in [2.75, 3.05) is 12.3 Å². The van der Waals surface area contributed by atoms with Crippen LogP contribution in [0.25, 0.3) is 0 Å². The van der Waals surface area contributed by atoms with Gasteiger partial charge in [-0.3, -0.25) is 0 Å². The average molecular weight is 212 g/mol. The fraction of sp³-hybridized carbons (Fsp3) is 1.00. The molecule has 4 heteroatoms. The van der Waals surface area contributed by atoms with Crippen molar-refractivity contribution >= 4 is 18.5 Å². The van der Waals surface area contributed by atoms with Crippen LogP contribution in [0.4, 0.5) is 0 Å². The first-order valence-electron chi connectivity index (χ1n) is 4.36. The molecule has 0 amide bonds. The van der Waals surface area contributed by atoms with Crippen molar-refractivity contribution in [3.8, 4) is 0 Å². The minimum absolute atomic E-state index is 0.286. The summed E-state index contributed by atoms with van der Waals surface area (Å²) in [5.41, 5.74) is 0. The van der Waals surface area contributed by atoms with Crippen LogP contribution in [-0.2, 0) is 0 Å². The molecule has 0 aliphatic heterocycles. The Morgan fingerprint density at radius 3 is 1.42 bits per heavy atom. The molecule has 0 rings (SSSR count). The van der Waals surface area contributed by atoms with Crippen LogP contribution < -0.4 is 0 Å². The topological polar surface area (TPSA) is 40.5 Å². The van der Waals surface area contributed by atoms with Gasteiger partial charge in [0.05, 0.1) is 0 Å². The van der Waals surface area contributed by atoms with Gasteiger partial charge in [-0.25, -0.2) is 0 Å². The van der Waals surface area contributed by atoms with Crippen LogP contribution in [0.2, 0.25) is 0 Å². The van der Waals surface area contributed by atoms with Gasteiger partial charge in [-0.05, 0) is 0 Å². The molecule has 0 radical (unpaired) electrons. The van der Waals surface area contributed by atoms with E-state index in [1.54, 1.807) is 0 Å². The number of hydrogen-bond donors (Lipinski definition) is 3. The van der Waals surface area contributed by atoms with Gasteiger partial charge in [0.25, 0.3) is 0 Å². The van der Waals surface area contributed by atoms with E-state index in [1.165, 1.54) is 0 Å². The maximum atomic E-state index is 9.87. The second-order valence-corrected chi connectivity index (χ2v) is 10.7. The molecule has 0 aromatic carbocycles. The minimum atomic E-state index is -3.60. The molecule has 0 aliphatic rings. The molecule has 0 saturated carbocycles. The summed E-state index contributed by atoms with van der Waals surface area (Å²) in [5, 5.41) is 0. The zero-order valence-electron chi connectivity index (χ0n) is 8.36. The molecule has 12 heavy (non-hydrogen) atoms. The summed E-state index contributed by atoms with van der Waals surface area (Å²) in [6.45, 7) is 7.91. The van der Waals surface area contributed by atoms with Gasteiger partial charge in [-0.15, -0.1) is 0 Å². The van der Waals surface area contributed by atoms with E-state index in [9.17, 15) is 9.79 Å². The predicted molar refractivity (Wildman–Crippen MR) is 59.8 cm³/mol. The number of thiol groups is 1. The molecule has 0 fully saturated rings. The first-order chi connectivity index (χ1) is 5.10. The molecule has 0 unspecified atom stereocenters. The van der Waals surface area contributed by atoms with Crippen molar-refractivity contribution in [3.63, 3.8) is 0 Å². The van der Waals surface area contributed by atoms with E-state index in [2.05, 4.69) is 12.2 Å². The molecule has 2 nitrogen and oxygen atoms in total. The Balaban J connectivity index is 4.28. The van der Waals surface area contributed by atoms with Gasteiger partial charge in [0.2, 0.25) is 0 Å². The SMILES string of the molecule is CC(C)CP(O)(O)(S)CC(C)C. The molecule has 0 saturated heterocycles. The van der Waals surface area contributed by atoms with Crippen LogP contribution in [0.3, 0.4) is 0 Å². The first kappa shape index (κ1) is 12.7. The zero-order valence-corrected chi connectivity index (χ0v) is 10.1. The third-order valence-electron chi connectivity index (χ3n) is 1.48. The molecular weight excluding hydrogens is 191 g/mol. The van der Waals surface area contributed by atoms with Crippen molar-refractivity contribution in [2.24, 2.45) is 11.8 Å². The standard InChI is InChI=1S/C8H21O2PS/c1-7(2)5-11(9,10,12)6-8(3)4/h7-10,12H,5-6H2,1-4H3. The normalized spacial score (nSPS) is 16.6. The van der Waals surface area contributed by atoms with Crippen LogP contribution in [0.1, 0.15) is 27.7 Å². The molecule has 0 aromatic heterocycles. The Labute approximate surface area is 80.6 Å². The Bertz CT molecular complexity index is 135. The number of hydrogen-bond acceptors (Lipinski definition) is 3. The van der Waals surface area contributed by atoms with Gasteiger partial charge in [-0.2, -0.15) is 0 Å². The number of rotatable bonds is 4. The van der Waals surface area contributed by atoms with Crippen LogP contribution in [0.15, 0.2) is 0 Å². The molecule has 0 bridgehead atoms. The van der Waals surface area contributed by atoms with Gasteiger partial charge < -0.3 is 0 Å². The molecule has 76 valence electrons. The summed E-state index contributed by atoms with van der Waals surface area (Å²) >= 11 is 4.06. The molecular formula is C8H21O2PS. The third-order valence-corrected chi connectivity index (χ3v) is 5.41. The van der Waals surface area contributed by atoms with Crippen LogP contribution in [0, 0.1) is 11.8 Å². The van der Waals surface area contributed by atoms with Crippen molar-refractivity contribution in [2.45, 2.75) is 27.7 Å². The fourth-order valence-electron chi connectivity index (χ4n) is 1.57. The molecule has 0 aliphatic carbocycles. The molecule has 2 N–H and O–H groups in total. The maximum absolute atomic E-state index is 9.87.